The molecule has 1 rings (SSSR count). The van der Waals surface area contributed by atoms with Gasteiger partial charge in [0.15, 0.2) is 0 Å². The third kappa shape index (κ3) is 3.73. The highest BCUT2D eigenvalue weighted by Gasteiger charge is 2.40. The van der Waals surface area contributed by atoms with Gasteiger partial charge in [-0.05, 0) is 24.6 Å². The van der Waals surface area contributed by atoms with Crippen molar-refractivity contribution in [3.05, 3.63) is 0 Å². The monoisotopic (exact) mass is 278 g/mol. The topological polar surface area (TPSA) is 82.8 Å². The van der Waals surface area contributed by atoms with Gasteiger partial charge in [-0.25, -0.2) is 4.67 Å². The van der Waals surface area contributed by atoms with Crippen molar-refractivity contribution in [1.82, 2.24) is 4.67 Å². The van der Waals surface area contributed by atoms with E-state index >= 15 is 0 Å². The maximum absolute atomic E-state index is 11.5. The second kappa shape index (κ2) is 6.43. The molecule has 0 spiro atoms. The van der Waals surface area contributed by atoms with Crippen LogP contribution >= 0.6 is 6.64 Å². The predicted molar refractivity (Wildman–Crippen MR) is 64.4 cm³/mol. The lowest BCUT2D eigenvalue weighted by Gasteiger charge is -2.29. The van der Waals surface area contributed by atoms with Crippen molar-refractivity contribution in [3.8, 4) is 6.07 Å². The molecule has 8 heteroatoms. The van der Waals surface area contributed by atoms with Crippen molar-refractivity contribution in [2.45, 2.75) is 25.3 Å². The van der Waals surface area contributed by atoms with Gasteiger partial charge >= 0.3 is 5.97 Å². The van der Waals surface area contributed by atoms with E-state index in [4.69, 9.17) is 21.6 Å². The number of carbonyl (C=O) groups is 1. The molecule has 0 amide bonds. The number of hydrogen-bond acceptors (Lipinski definition) is 5. The van der Waals surface area contributed by atoms with E-state index in [9.17, 15) is 9.69 Å². The van der Waals surface area contributed by atoms with Crippen LogP contribution in [0.2, 0.25) is 0 Å². The number of hydrogen-bond donors (Lipinski definition) is 1. The Morgan fingerprint density at radius 2 is 2.47 bits per heavy atom. The Morgan fingerprint density at radius 3 is 3.06 bits per heavy atom. The molecule has 96 valence electrons. The molecule has 1 aliphatic rings. The summed E-state index contributed by atoms with van der Waals surface area (Å²) in [4.78, 5) is 21.6. The van der Waals surface area contributed by atoms with Gasteiger partial charge in [-0.15, -0.1) is 0 Å². The van der Waals surface area contributed by atoms with Gasteiger partial charge in [0.1, 0.15) is 6.04 Å². The molecule has 0 aromatic carbocycles. The molecule has 0 bridgehead atoms. The number of esters is 1. The lowest BCUT2D eigenvalue weighted by atomic mass is 10.2. The van der Waals surface area contributed by atoms with Gasteiger partial charge in [0.2, 0.25) is 0 Å². The Kier molecular flexibility index (Phi) is 5.50. The Balaban J connectivity index is 2.66. The SMILES string of the molecule is COC(=O)C1CCCN1P(O)(=S)OCCC#N. The lowest BCUT2D eigenvalue weighted by Crippen LogP contribution is -2.35. The van der Waals surface area contributed by atoms with Gasteiger partial charge in [-0.3, -0.25) is 4.79 Å². The van der Waals surface area contributed by atoms with Crippen LogP contribution in [0.4, 0.5) is 0 Å². The standard InChI is InChI=1S/C9H15N2O4PS/c1-14-9(12)8-4-2-6-11(8)16(13,17)15-7-3-5-10/h8H,2-4,6-7H2,1H3,(H,13,17). The van der Waals surface area contributed by atoms with Gasteiger partial charge < -0.3 is 14.2 Å². The van der Waals surface area contributed by atoms with Gasteiger partial charge in [0.05, 0.1) is 26.2 Å². The molecule has 0 aromatic heterocycles. The largest absolute Gasteiger partial charge is 0.468 e. The molecular weight excluding hydrogens is 263 g/mol. The summed E-state index contributed by atoms with van der Waals surface area (Å²) in [6, 6.07) is 1.37. The minimum absolute atomic E-state index is 0.0780. The molecule has 6 nitrogen and oxygen atoms in total. The highest BCUT2D eigenvalue weighted by molar-refractivity contribution is 8.08. The lowest BCUT2D eigenvalue weighted by molar-refractivity contribution is -0.144. The first kappa shape index (κ1) is 14.6. The number of nitriles is 1. The number of methoxy groups -OCH3 is 1. The average Bonchev–Trinajstić information content (AvgIpc) is 2.78. The molecule has 1 aliphatic heterocycles. The Bertz CT molecular complexity index is 370. The highest BCUT2D eigenvalue weighted by atomic mass is 32.5. The molecule has 0 aliphatic carbocycles. The summed E-state index contributed by atoms with van der Waals surface area (Å²) in [6.45, 7) is -2.59. The fourth-order valence-electron chi connectivity index (χ4n) is 1.71. The molecule has 1 heterocycles. The Morgan fingerprint density at radius 1 is 1.76 bits per heavy atom. The van der Waals surface area contributed by atoms with Crippen LogP contribution in [0.25, 0.3) is 0 Å². The molecule has 2 unspecified atom stereocenters. The minimum atomic E-state index is -3.18. The van der Waals surface area contributed by atoms with E-state index in [0.29, 0.717) is 13.0 Å². The summed E-state index contributed by atoms with van der Waals surface area (Å²) in [7, 11) is 1.30. The fraction of sp³-hybridized carbons (Fsp3) is 0.778. The van der Waals surface area contributed by atoms with Crippen molar-refractivity contribution < 1.29 is 18.9 Å². The quantitative estimate of drug-likeness (QED) is 0.452. The molecule has 0 aromatic rings. The number of rotatable bonds is 5. The van der Waals surface area contributed by atoms with Crippen molar-refractivity contribution in [3.63, 3.8) is 0 Å². The molecule has 0 saturated carbocycles. The first-order chi connectivity index (χ1) is 8.03. The van der Waals surface area contributed by atoms with Crippen molar-refractivity contribution >= 4 is 24.4 Å². The van der Waals surface area contributed by atoms with Gasteiger partial charge in [-0.1, -0.05) is 0 Å². The summed E-state index contributed by atoms with van der Waals surface area (Å²) in [5.41, 5.74) is 0. The van der Waals surface area contributed by atoms with Crippen LogP contribution in [0.3, 0.4) is 0 Å². The van der Waals surface area contributed by atoms with Crippen molar-refractivity contribution in [2.75, 3.05) is 20.3 Å². The van der Waals surface area contributed by atoms with E-state index in [-0.39, 0.29) is 13.0 Å². The molecule has 1 N–H and O–H groups in total. The van der Waals surface area contributed by atoms with Gasteiger partial charge in [0, 0.05) is 6.54 Å². The minimum Gasteiger partial charge on any atom is -0.468 e. The van der Waals surface area contributed by atoms with E-state index < -0.39 is 18.7 Å². The first-order valence-electron chi connectivity index (χ1n) is 5.22. The van der Waals surface area contributed by atoms with Gasteiger partial charge in [-0.2, -0.15) is 5.26 Å². The highest BCUT2D eigenvalue weighted by Crippen LogP contribution is 2.51. The molecule has 0 radical (unpaired) electrons. The van der Waals surface area contributed by atoms with Crippen LogP contribution in [-0.2, 0) is 25.9 Å². The molecule has 2 atom stereocenters. The third-order valence-corrected chi connectivity index (χ3v) is 5.09. The average molecular weight is 278 g/mol. The number of nitrogens with zero attached hydrogens (tertiary/aromatic N) is 2. The molecule has 1 fully saturated rings. The molecule has 1 saturated heterocycles. The third-order valence-electron chi connectivity index (χ3n) is 2.50. The fourth-order valence-corrected chi connectivity index (χ4v) is 3.96. The number of carbonyl (C=O) groups excluding carboxylic acids is 1. The maximum Gasteiger partial charge on any atom is 0.323 e. The Hall–Kier alpha value is -0.510. The van der Waals surface area contributed by atoms with Crippen LogP contribution in [0.5, 0.6) is 0 Å². The van der Waals surface area contributed by atoms with E-state index in [1.165, 1.54) is 11.8 Å². The van der Waals surface area contributed by atoms with Crippen molar-refractivity contribution in [2.24, 2.45) is 0 Å². The van der Waals surface area contributed by atoms with Crippen LogP contribution < -0.4 is 0 Å². The summed E-state index contributed by atoms with van der Waals surface area (Å²) < 4.78 is 11.3. The summed E-state index contributed by atoms with van der Waals surface area (Å²) in [5, 5.41) is 8.39. The van der Waals surface area contributed by atoms with Crippen molar-refractivity contribution in [1.29, 1.82) is 5.26 Å². The van der Waals surface area contributed by atoms with Gasteiger partial charge in [0.25, 0.3) is 6.64 Å². The van der Waals surface area contributed by atoms with E-state index in [1.807, 2.05) is 6.07 Å². The van der Waals surface area contributed by atoms with Crippen LogP contribution in [0.1, 0.15) is 19.3 Å². The smallest absolute Gasteiger partial charge is 0.323 e. The summed E-state index contributed by atoms with van der Waals surface area (Å²) in [5.74, 6) is -0.408. The predicted octanol–water partition coefficient (Wildman–Crippen LogP) is 0.771. The second-order valence-electron chi connectivity index (χ2n) is 3.58. The summed E-state index contributed by atoms with van der Waals surface area (Å²) in [6.07, 6.45) is 1.53. The molecule has 17 heavy (non-hydrogen) atoms. The zero-order chi connectivity index (χ0) is 12.9. The van der Waals surface area contributed by atoms with Crippen LogP contribution in [-0.4, -0.2) is 41.8 Å². The second-order valence-corrected chi connectivity index (χ2v) is 6.76. The van der Waals surface area contributed by atoms with E-state index in [1.54, 1.807) is 0 Å². The van der Waals surface area contributed by atoms with E-state index in [2.05, 4.69) is 4.74 Å². The zero-order valence-electron chi connectivity index (χ0n) is 9.53. The number of ether oxygens (including phenoxy) is 1. The normalized spacial score (nSPS) is 23.9. The Labute approximate surface area is 105 Å². The zero-order valence-corrected chi connectivity index (χ0v) is 11.2. The molecular formula is C9H15N2O4PS. The van der Waals surface area contributed by atoms with Crippen LogP contribution in [0.15, 0.2) is 0 Å². The first-order valence-corrected chi connectivity index (χ1v) is 7.84. The summed E-state index contributed by atoms with van der Waals surface area (Å²) >= 11 is 5.01. The maximum atomic E-state index is 11.5. The van der Waals surface area contributed by atoms with E-state index in [0.717, 1.165) is 6.42 Å². The van der Waals surface area contributed by atoms with Crippen LogP contribution in [0, 0.1) is 11.3 Å².